The number of hydrogen-bond donors (Lipinski definition) is 1. The number of rotatable bonds is 7. The molecule has 19 heavy (non-hydrogen) atoms. The predicted molar refractivity (Wildman–Crippen MR) is 71.6 cm³/mol. The molecule has 5 nitrogen and oxygen atoms in total. The predicted octanol–water partition coefficient (Wildman–Crippen LogP) is 1.79. The van der Waals surface area contributed by atoms with E-state index in [0.29, 0.717) is 18.7 Å². The quantitative estimate of drug-likeness (QED) is 0.358. The van der Waals surface area contributed by atoms with Crippen LogP contribution in [0.3, 0.4) is 0 Å². The van der Waals surface area contributed by atoms with E-state index in [1.165, 1.54) is 12.1 Å². The zero-order chi connectivity index (χ0) is 13.4. The smallest absolute Gasteiger partial charge is 0.270 e. The van der Waals surface area contributed by atoms with Crippen LogP contribution in [0.2, 0.25) is 0 Å². The van der Waals surface area contributed by atoms with E-state index in [4.69, 9.17) is 0 Å². The minimum Gasteiger partial charge on any atom is -0.477 e. The van der Waals surface area contributed by atoms with E-state index in [0.717, 1.165) is 0 Å². The van der Waals surface area contributed by atoms with E-state index in [1.54, 1.807) is 18.3 Å². The number of benzene rings is 1. The Morgan fingerprint density at radius 3 is 2.95 bits per heavy atom. The molecule has 0 heterocycles. The van der Waals surface area contributed by atoms with Crippen molar-refractivity contribution in [2.24, 2.45) is 4.99 Å². The summed E-state index contributed by atoms with van der Waals surface area (Å²) in [6, 6.07) is 6.11. The molecule has 0 spiro atoms. The fraction of sp³-hybridized carbons (Fsp3) is 0.231. The van der Waals surface area contributed by atoms with E-state index >= 15 is 0 Å². The second-order valence-corrected chi connectivity index (χ2v) is 3.55. The van der Waals surface area contributed by atoms with E-state index in [9.17, 15) is 10.1 Å². The van der Waals surface area contributed by atoms with Crippen LogP contribution in [0.5, 0.6) is 0 Å². The Morgan fingerprint density at radius 1 is 1.63 bits per heavy atom. The molecule has 1 aromatic rings. The largest absolute Gasteiger partial charge is 0.477 e. The van der Waals surface area contributed by atoms with Gasteiger partial charge in [0.15, 0.2) is 0 Å². The molecule has 0 amide bonds. The normalized spacial score (nSPS) is 11.8. The number of nitro groups is 1. The maximum atomic E-state index is 10.6. The van der Waals surface area contributed by atoms with Gasteiger partial charge in [-0.3, -0.25) is 16.7 Å². The van der Waals surface area contributed by atoms with Gasteiger partial charge in [-0.05, 0) is 12.1 Å². The number of nitrogens with zero attached hydrogens (tertiary/aromatic N) is 2. The molecule has 0 aliphatic rings. The van der Waals surface area contributed by atoms with Gasteiger partial charge in [-0.2, -0.15) is 0 Å². The average molecular weight is 334 g/mol. The van der Waals surface area contributed by atoms with Gasteiger partial charge in [0.1, 0.15) is 0 Å². The first kappa shape index (κ1) is 18.1. The molecule has 0 aliphatic heterocycles. The van der Waals surface area contributed by atoms with Gasteiger partial charge in [0.05, 0.1) is 4.92 Å². The molecule has 0 saturated carbocycles. The Kier molecular flexibility index (Phi) is 9.48. The average Bonchev–Trinajstić information content (AvgIpc) is 2.39. The Labute approximate surface area is 138 Å². The fourth-order valence-corrected chi connectivity index (χ4v) is 1.31. The second-order valence-electron chi connectivity index (χ2n) is 3.55. The van der Waals surface area contributed by atoms with E-state index in [2.05, 4.69) is 29.9 Å². The third kappa shape index (κ3) is 6.71. The third-order valence-electron chi connectivity index (χ3n) is 2.23. The Bertz CT molecular complexity index is 449. The summed E-state index contributed by atoms with van der Waals surface area (Å²) in [6.07, 6.45) is 4.36. The third-order valence-corrected chi connectivity index (χ3v) is 2.23. The monoisotopic (exact) mass is 334 g/mol. The second kappa shape index (κ2) is 9.95. The molecule has 1 rings (SSSR count). The summed E-state index contributed by atoms with van der Waals surface area (Å²) in [5.41, 5.74) is 0.730. The number of non-ortho nitro benzene ring substituents is 1. The van der Waals surface area contributed by atoms with Crippen LogP contribution in [0.1, 0.15) is 5.56 Å². The van der Waals surface area contributed by atoms with Crippen molar-refractivity contribution in [2.45, 2.75) is 6.04 Å². The van der Waals surface area contributed by atoms with Crippen LogP contribution < -0.4 is 5.32 Å². The van der Waals surface area contributed by atoms with Gasteiger partial charge in [0, 0.05) is 51.1 Å². The molecule has 0 saturated heterocycles. The summed E-state index contributed by atoms with van der Waals surface area (Å²) in [6.45, 7) is 8.42. The number of nitro benzene ring substituents is 1. The Morgan fingerprint density at radius 2 is 2.37 bits per heavy atom. The molecule has 0 bridgehead atoms. The number of nitrogens with one attached hydrogen (secondary N) is 1. The molecule has 1 N–H and O–H groups in total. The maximum absolute atomic E-state index is 10.6. The van der Waals surface area contributed by atoms with Crippen LogP contribution in [-0.4, -0.2) is 30.3 Å². The van der Waals surface area contributed by atoms with Crippen LogP contribution >= 0.6 is 0 Å². The number of aliphatic imine (C=N–C) groups is 1. The van der Waals surface area contributed by atoms with Crippen molar-refractivity contribution in [3.63, 3.8) is 0 Å². The van der Waals surface area contributed by atoms with Gasteiger partial charge in [0.25, 0.3) is 5.69 Å². The summed E-state index contributed by atoms with van der Waals surface area (Å²) in [4.78, 5) is 14.4. The summed E-state index contributed by atoms with van der Waals surface area (Å²) in [5.74, 6) is 0. The minimum absolute atomic E-state index is 0. The van der Waals surface area contributed by atoms with Crippen LogP contribution in [0.25, 0.3) is 0 Å². The van der Waals surface area contributed by atoms with Crippen LogP contribution in [0, 0.1) is 23.1 Å². The molecule has 1 aromatic carbocycles. The van der Waals surface area contributed by atoms with Gasteiger partial charge in [-0.25, -0.2) is 0 Å². The van der Waals surface area contributed by atoms with E-state index < -0.39 is 4.92 Å². The first-order chi connectivity index (χ1) is 8.67. The zero-order valence-corrected chi connectivity index (χ0v) is 13.4. The molecule has 0 aromatic heterocycles. The molecule has 99 valence electrons. The molecule has 0 unspecified atom stereocenters. The molecule has 6 heteroatoms. The van der Waals surface area contributed by atoms with Crippen molar-refractivity contribution in [2.75, 3.05) is 13.1 Å². The van der Waals surface area contributed by atoms with E-state index in [-0.39, 0.29) is 44.4 Å². The van der Waals surface area contributed by atoms with E-state index in [1.807, 2.05) is 0 Å². The van der Waals surface area contributed by atoms with Crippen molar-refractivity contribution < 1.29 is 37.6 Å². The first-order valence-electron chi connectivity index (χ1n) is 5.47. The SMILES string of the molecule is C=[C-][C@H](CNC[CH2-])N=Cc1cccc([N+](=O)[O-])c1.[Y]. The maximum Gasteiger partial charge on any atom is 0.270 e. The van der Waals surface area contributed by atoms with Crippen LogP contribution in [0.4, 0.5) is 5.69 Å². The van der Waals surface area contributed by atoms with Crippen molar-refractivity contribution in [3.05, 3.63) is 59.5 Å². The van der Waals surface area contributed by atoms with Crippen molar-refractivity contribution in [1.82, 2.24) is 5.32 Å². The fourth-order valence-electron chi connectivity index (χ4n) is 1.31. The number of hydrogen-bond acceptors (Lipinski definition) is 4. The summed E-state index contributed by atoms with van der Waals surface area (Å²) < 4.78 is 0. The molecule has 1 atom stereocenters. The van der Waals surface area contributed by atoms with Gasteiger partial charge >= 0.3 is 0 Å². The van der Waals surface area contributed by atoms with Gasteiger partial charge in [-0.15, -0.1) is 6.54 Å². The summed E-state index contributed by atoms with van der Waals surface area (Å²) in [5, 5.41) is 13.6. The standard InChI is InChI=1S/C13H15N3O2.Y/c1-3-12(10-14-4-2)15-9-11-6-5-7-13(8-11)16(17)18;/h5-9,12,14H,1-2,4,10H2;/q-2;/t12-;/m1./s1. The van der Waals surface area contributed by atoms with Crippen molar-refractivity contribution >= 4 is 11.9 Å². The minimum atomic E-state index is -0.432. The molecule has 1 radical (unpaired) electrons. The van der Waals surface area contributed by atoms with Crippen LogP contribution in [0.15, 0.2) is 35.8 Å². The van der Waals surface area contributed by atoms with Crippen LogP contribution in [-0.2, 0) is 32.7 Å². The van der Waals surface area contributed by atoms with Crippen molar-refractivity contribution in [1.29, 1.82) is 0 Å². The first-order valence-corrected chi connectivity index (χ1v) is 5.47. The molecular weight excluding hydrogens is 319 g/mol. The zero-order valence-electron chi connectivity index (χ0n) is 10.6. The Hall–Kier alpha value is -0.906. The van der Waals surface area contributed by atoms with Gasteiger partial charge in [0.2, 0.25) is 0 Å². The summed E-state index contributed by atoms with van der Waals surface area (Å²) >= 11 is 0. The van der Waals surface area contributed by atoms with Gasteiger partial charge < -0.3 is 23.3 Å². The molecule has 0 fully saturated rings. The van der Waals surface area contributed by atoms with Gasteiger partial charge in [-0.1, -0.05) is 18.2 Å². The Balaban J connectivity index is 0.00000324. The summed E-state index contributed by atoms with van der Waals surface area (Å²) in [7, 11) is 0. The topological polar surface area (TPSA) is 67.5 Å². The molecular formula is C13H15N3O2Y-2. The molecule has 0 aliphatic carbocycles. The van der Waals surface area contributed by atoms with Crippen molar-refractivity contribution in [3.8, 4) is 0 Å².